The summed E-state index contributed by atoms with van der Waals surface area (Å²) in [7, 11) is 2.68. The first-order chi connectivity index (χ1) is 12.3. The van der Waals surface area contributed by atoms with Crippen LogP contribution in [0.5, 0.6) is 11.5 Å². The maximum absolute atomic E-state index is 5.82. The van der Waals surface area contributed by atoms with Gasteiger partial charge in [-0.25, -0.2) is 0 Å². The first-order valence-corrected chi connectivity index (χ1v) is 10.0. The lowest BCUT2D eigenvalue weighted by atomic mass is 10.3. The molecule has 5 heteroatoms. The predicted molar refractivity (Wildman–Crippen MR) is 104 cm³/mol. The van der Waals surface area contributed by atoms with Crippen molar-refractivity contribution in [3.63, 3.8) is 0 Å². The van der Waals surface area contributed by atoms with Crippen molar-refractivity contribution in [2.45, 2.75) is 19.8 Å². The second-order valence-electron chi connectivity index (χ2n) is 5.54. The van der Waals surface area contributed by atoms with Crippen LogP contribution in [-0.2, 0) is 9.47 Å². The molecule has 25 heavy (non-hydrogen) atoms. The molecule has 0 bridgehead atoms. The van der Waals surface area contributed by atoms with E-state index in [1.807, 2.05) is 24.3 Å². The van der Waals surface area contributed by atoms with E-state index in [0.29, 0.717) is 0 Å². The molecule has 0 aliphatic heterocycles. The van der Waals surface area contributed by atoms with E-state index >= 15 is 0 Å². The first-order valence-electron chi connectivity index (χ1n) is 8.50. The van der Waals surface area contributed by atoms with E-state index in [2.05, 4.69) is 31.2 Å². The van der Waals surface area contributed by atoms with Gasteiger partial charge in [0.15, 0.2) is 13.6 Å². The minimum absolute atomic E-state index is 0.246. The number of ether oxygens (including phenoxy) is 4. The van der Waals surface area contributed by atoms with Crippen LogP contribution < -0.4 is 20.1 Å². The SMILES string of the molecule is CCCCP(c1ccccc1OCOC)c1ccccc1OCOC. The Balaban J connectivity index is 2.40. The van der Waals surface area contributed by atoms with Gasteiger partial charge in [-0.2, -0.15) is 0 Å². The van der Waals surface area contributed by atoms with Crippen LogP contribution in [0, 0.1) is 0 Å². The molecule has 0 radical (unpaired) electrons. The zero-order valence-electron chi connectivity index (χ0n) is 15.2. The van der Waals surface area contributed by atoms with Gasteiger partial charge in [0.1, 0.15) is 11.5 Å². The summed E-state index contributed by atoms with van der Waals surface area (Å²) >= 11 is 0. The van der Waals surface area contributed by atoms with Gasteiger partial charge in [0.05, 0.1) is 0 Å². The van der Waals surface area contributed by atoms with Crippen molar-refractivity contribution in [3.05, 3.63) is 48.5 Å². The van der Waals surface area contributed by atoms with E-state index in [0.717, 1.165) is 30.5 Å². The molecule has 0 fully saturated rings. The second-order valence-corrected chi connectivity index (χ2v) is 7.81. The van der Waals surface area contributed by atoms with E-state index in [1.54, 1.807) is 14.2 Å². The Morgan fingerprint density at radius 1 is 0.760 bits per heavy atom. The molecule has 0 aliphatic rings. The Bertz CT molecular complexity index is 581. The molecule has 2 rings (SSSR count). The fraction of sp³-hybridized carbons (Fsp3) is 0.400. The van der Waals surface area contributed by atoms with Gasteiger partial charge in [0.2, 0.25) is 0 Å². The smallest absolute Gasteiger partial charge is 0.188 e. The number of para-hydroxylation sites is 2. The van der Waals surface area contributed by atoms with Crippen molar-refractivity contribution in [1.82, 2.24) is 0 Å². The third-order valence-electron chi connectivity index (χ3n) is 3.71. The van der Waals surface area contributed by atoms with E-state index in [1.165, 1.54) is 10.6 Å². The van der Waals surface area contributed by atoms with Crippen molar-refractivity contribution < 1.29 is 18.9 Å². The summed E-state index contributed by atoms with van der Waals surface area (Å²) in [6, 6.07) is 16.4. The Morgan fingerprint density at radius 3 is 1.68 bits per heavy atom. The molecule has 0 heterocycles. The molecular weight excluding hydrogens is 335 g/mol. The lowest BCUT2D eigenvalue weighted by Gasteiger charge is -2.23. The lowest BCUT2D eigenvalue weighted by molar-refractivity contribution is 0.0519. The average Bonchev–Trinajstić information content (AvgIpc) is 2.66. The quantitative estimate of drug-likeness (QED) is 0.449. The van der Waals surface area contributed by atoms with Crippen LogP contribution in [0.25, 0.3) is 0 Å². The average molecular weight is 362 g/mol. The van der Waals surface area contributed by atoms with Crippen LogP contribution in [0.2, 0.25) is 0 Å². The van der Waals surface area contributed by atoms with Crippen LogP contribution >= 0.6 is 7.92 Å². The van der Waals surface area contributed by atoms with Crippen LogP contribution in [0.4, 0.5) is 0 Å². The fourth-order valence-electron chi connectivity index (χ4n) is 2.54. The van der Waals surface area contributed by atoms with E-state index in [4.69, 9.17) is 18.9 Å². The van der Waals surface area contributed by atoms with Gasteiger partial charge in [0.25, 0.3) is 0 Å². The van der Waals surface area contributed by atoms with Gasteiger partial charge in [0, 0.05) is 24.8 Å². The molecule has 0 spiro atoms. The number of rotatable bonds is 11. The Labute approximate surface area is 151 Å². The summed E-state index contributed by atoms with van der Waals surface area (Å²) in [5.74, 6) is 1.77. The normalized spacial score (nSPS) is 10.9. The summed E-state index contributed by atoms with van der Waals surface area (Å²) in [6.07, 6.45) is 3.40. The van der Waals surface area contributed by atoms with E-state index in [-0.39, 0.29) is 13.6 Å². The maximum atomic E-state index is 5.82. The third-order valence-corrected chi connectivity index (χ3v) is 6.38. The standard InChI is InChI=1S/C20H27O4P/c1-4-5-14-25(19-12-8-6-10-17(19)23-15-21-2)20-13-9-7-11-18(20)24-16-22-3/h6-13H,4-5,14-16H2,1-3H3. The molecular formula is C20H27O4P. The Hall–Kier alpha value is -1.61. The maximum Gasteiger partial charge on any atom is 0.188 e. The van der Waals surface area contributed by atoms with Gasteiger partial charge in [-0.05, 0) is 32.6 Å². The molecule has 0 atom stereocenters. The van der Waals surface area contributed by atoms with Crippen molar-refractivity contribution in [2.75, 3.05) is 34.0 Å². The van der Waals surface area contributed by atoms with Crippen molar-refractivity contribution in [2.24, 2.45) is 0 Å². The fourth-order valence-corrected chi connectivity index (χ4v) is 5.25. The number of hydrogen-bond donors (Lipinski definition) is 0. The zero-order chi connectivity index (χ0) is 17.9. The van der Waals surface area contributed by atoms with Crippen molar-refractivity contribution >= 4 is 18.5 Å². The molecule has 0 aromatic heterocycles. The minimum Gasteiger partial charge on any atom is -0.467 e. The van der Waals surface area contributed by atoms with E-state index in [9.17, 15) is 0 Å². The second kappa shape index (κ2) is 11.1. The molecule has 4 nitrogen and oxygen atoms in total. The molecule has 0 aliphatic carbocycles. The highest BCUT2D eigenvalue weighted by molar-refractivity contribution is 7.73. The van der Waals surface area contributed by atoms with Gasteiger partial charge in [-0.1, -0.05) is 49.7 Å². The van der Waals surface area contributed by atoms with Crippen molar-refractivity contribution in [3.8, 4) is 11.5 Å². The Kier molecular flexibility index (Phi) is 8.75. The molecule has 0 unspecified atom stereocenters. The molecule has 0 amide bonds. The molecule has 136 valence electrons. The molecule has 2 aromatic rings. The summed E-state index contributed by atoms with van der Waals surface area (Å²) in [4.78, 5) is 0. The first kappa shape index (κ1) is 19.7. The Morgan fingerprint density at radius 2 is 1.24 bits per heavy atom. The van der Waals surface area contributed by atoms with Crippen LogP contribution in [0.3, 0.4) is 0 Å². The summed E-state index contributed by atoms with van der Waals surface area (Å²) < 4.78 is 21.8. The lowest BCUT2D eigenvalue weighted by Crippen LogP contribution is -2.19. The van der Waals surface area contributed by atoms with Gasteiger partial charge >= 0.3 is 0 Å². The van der Waals surface area contributed by atoms with Crippen LogP contribution in [0.15, 0.2) is 48.5 Å². The minimum atomic E-state index is -0.593. The number of methoxy groups -OCH3 is 2. The zero-order valence-corrected chi connectivity index (χ0v) is 16.1. The van der Waals surface area contributed by atoms with Crippen molar-refractivity contribution in [1.29, 1.82) is 0 Å². The number of hydrogen-bond acceptors (Lipinski definition) is 4. The third kappa shape index (κ3) is 5.71. The number of benzene rings is 2. The summed E-state index contributed by atoms with van der Waals surface area (Å²) in [6.45, 7) is 2.71. The van der Waals surface area contributed by atoms with Gasteiger partial charge < -0.3 is 18.9 Å². The van der Waals surface area contributed by atoms with Crippen LogP contribution in [-0.4, -0.2) is 34.0 Å². The van der Waals surface area contributed by atoms with Crippen LogP contribution in [0.1, 0.15) is 19.8 Å². The van der Waals surface area contributed by atoms with Gasteiger partial charge in [-0.3, -0.25) is 0 Å². The topological polar surface area (TPSA) is 36.9 Å². The summed E-state index contributed by atoms with van der Waals surface area (Å²) in [5.41, 5.74) is 0. The molecule has 0 saturated carbocycles. The monoisotopic (exact) mass is 362 g/mol. The summed E-state index contributed by atoms with van der Waals surface area (Å²) in [5, 5.41) is 2.44. The highest BCUT2D eigenvalue weighted by Crippen LogP contribution is 2.41. The largest absolute Gasteiger partial charge is 0.467 e. The highest BCUT2D eigenvalue weighted by Gasteiger charge is 2.21. The molecule has 0 N–H and O–H groups in total. The van der Waals surface area contributed by atoms with E-state index < -0.39 is 7.92 Å². The predicted octanol–water partition coefficient (Wildman–Crippen LogP) is 3.88. The van der Waals surface area contributed by atoms with Gasteiger partial charge in [-0.15, -0.1) is 0 Å². The molecule has 2 aromatic carbocycles. The highest BCUT2D eigenvalue weighted by atomic mass is 31.1. The molecule has 0 saturated heterocycles. The number of unbranched alkanes of at least 4 members (excludes halogenated alkanes) is 1.